The summed E-state index contributed by atoms with van der Waals surface area (Å²) in [5.41, 5.74) is 6.40. The molecule has 0 aliphatic carbocycles. The highest BCUT2D eigenvalue weighted by Gasteiger charge is 2.12. The van der Waals surface area contributed by atoms with Crippen LogP contribution in [0.3, 0.4) is 0 Å². The molecule has 1 heteroatoms. The van der Waals surface area contributed by atoms with E-state index in [9.17, 15) is 0 Å². The molecule has 3 aromatic rings. The van der Waals surface area contributed by atoms with Crippen LogP contribution in [0.25, 0.3) is 0 Å². The zero-order valence-corrected chi connectivity index (χ0v) is 13.2. The van der Waals surface area contributed by atoms with E-state index in [0.29, 0.717) is 0 Å². The van der Waals surface area contributed by atoms with Crippen molar-refractivity contribution in [1.82, 2.24) is 0 Å². The van der Waals surface area contributed by atoms with Gasteiger partial charge in [0, 0.05) is 17.9 Å². The van der Waals surface area contributed by atoms with Crippen LogP contribution in [-0.2, 0) is 6.54 Å². The van der Waals surface area contributed by atoms with E-state index in [4.69, 9.17) is 0 Å². The molecular weight excluding hydrogens is 266 g/mol. The first kappa shape index (κ1) is 14.4. The van der Waals surface area contributed by atoms with Crippen molar-refractivity contribution in [3.05, 3.63) is 95.6 Å². The van der Waals surface area contributed by atoms with E-state index in [1.54, 1.807) is 0 Å². The van der Waals surface area contributed by atoms with Crippen LogP contribution in [0.1, 0.15) is 16.7 Å². The van der Waals surface area contributed by atoms with Gasteiger partial charge in [0.2, 0.25) is 0 Å². The number of aryl methyl sites for hydroxylation is 2. The summed E-state index contributed by atoms with van der Waals surface area (Å²) in [6.45, 7) is 5.19. The van der Waals surface area contributed by atoms with Crippen LogP contribution < -0.4 is 4.90 Å². The van der Waals surface area contributed by atoms with Crippen molar-refractivity contribution in [3.8, 4) is 0 Å². The first-order valence-electron chi connectivity index (χ1n) is 7.68. The summed E-state index contributed by atoms with van der Waals surface area (Å²) >= 11 is 0. The van der Waals surface area contributed by atoms with Crippen LogP contribution in [0.2, 0.25) is 0 Å². The third-order valence-corrected chi connectivity index (χ3v) is 3.89. The van der Waals surface area contributed by atoms with E-state index < -0.39 is 0 Å². The van der Waals surface area contributed by atoms with Gasteiger partial charge in [0.25, 0.3) is 0 Å². The SMILES string of the molecule is Cc1ccc(N(Cc2ccccc2)c2ccccc2)c(C)c1. The average molecular weight is 287 g/mol. The lowest BCUT2D eigenvalue weighted by atomic mass is 10.1. The maximum Gasteiger partial charge on any atom is 0.0481 e. The molecule has 0 heterocycles. The molecule has 3 rings (SSSR count). The summed E-state index contributed by atoms with van der Waals surface area (Å²) in [4.78, 5) is 2.38. The lowest BCUT2D eigenvalue weighted by molar-refractivity contribution is 0.968. The predicted octanol–water partition coefficient (Wildman–Crippen LogP) is 5.64. The third-order valence-electron chi connectivity index (χ3n) is 3.89. The van der Waals surface area contributed by atoms with Crippen molar-refractivity contribution >= 4 is 11.4 Å². The Labute approximate surface area is 132 Å². The molecule has 0 N–H and O–H groups in total. The van der Waals surface area contributed by atoms with Gasteiger partial charge in [-0.3, -0.25) is 0 Å². The van der Waals surface area contributed by atoms with Crippen LogP contribution in [-0.4, -0.2) is 0 Å². The van der Waals surface area contributed by atoms with Gasteiger partial charge in [-0.05, 0) is 43.2 Å². The fraction of sp³-hybridized carbons (Fsp3) is 0.143. The number of hydrogen-bond acceptors (Lipinski definition) is 1. The van der Waals surface area contributed by atoms with Gasteiger partial charge < -0.3 is 4.90 Å². The van der Waals surface area contributed by atoms with Crippen molar-refractivity contribution in [2.75, 3.05) is 4.90 Å². The Kier molecular flexibility index (Phi) is 4.24. The fourth-order valence-electron chi connectivity index (χ4n) is 2.80. The number of hydrogen-bond donors (Lipinski definition) is 0. The molecule has 22 heavy (non-hydrogen) atoms. The molecule has 0 fully saturated rings. The summed E-state index contributed by atoms with van der Waals surface area (Å²) < 4.78 is 0. The molecule has 1 nitrogen and oxygen atoms in total. The van der Waals surface area contributed by atoms with E-state index in [1.807, 2.05) is 0 Å². The molecule has 0 aromatic heterocycles. The predicted molar refractivity (Wildman–Crippen MR) is 94.6 cm³/mol. The van der Waals surface area contributed by atoms with E-state index in [-0.39, 0.29) is 0 Å². The number of anilines is 2. The molecule has 0 radical (unpaired) electrons. The molecule has 0 bridgehead atoms. The molecule has 110 valence electrons. The molecule has 0 saturated heterocycles. The highest BCUT2D eigenvalue weighted by molar-refractivity contribution is 5.66. The summed E-state index contributed by atoms with van der Waals surface area (Å²) in [6, 6.07) is 27.9. The van der Waals surface area contributed by atoms with E-state index >= 15 is 0 Å². The van der Waals surface area contributed by atoms with Crippen molar-refractivity contribution in [3.63, 3.8) is 0 Å². The highest BCUT2D eigenvalue weighted by Crippen LogP contribution is 2.30. The average Bonchev–Trinajstić information content (AvgIpc) is 2.55. The minimum absolute atomic E-state index is 0.870. The minimum atomic E-state index is 0.870. The van der Waals surface area contributed by atoms with Crippen LogP contribution in [0.15, 0.2) is 78.9 Å². The Hall–Kier alpha value is -2.54. The van der Waals surface area contributed by atoms with E-state index in [1.165, 1.54) is 28.1 Å². The van der Waals surface area contributed by atoms with Crippen LogP contribution in [0.5, 0.6) is 0 Å². The maximum atomic E-state index is 2.38. The van der Waals surface area contributed by atoms with Gasteiger partial charge >= 0.3 is 0 Å². The van der Waals surface area contributed by atoms with Crippen molar-refractivity contribution < 1.29 is 0 Å². The molecule has 0 aliphatic rings. The standard InChI is InChI=1S/C21H21N/c1-17-13-14-21(18(2)15-17)22(20-11-7-4-8-12-20)16-19-9-5-3-6-10-19/h3-15H,16H2,1-2H3. The van der Waals surface area contributed by atoms with Gasteiger partial charge in [-0.2, -0.15) is 0 Å². The highest BCUT2D eigenvalue weighted by atomic mass is 15.1. The van der Waals surface area contributed by atoms with Crippen molar-refractivity contribution in [2.24, 2.45) is 0 Å². The van der Waals surface area contributed by atoms with Gasteiger partial charge in [0.1, 0.15) is 0 Å². The maximum absolute atomic E-state index is 2.38. The van der Waals surface area contributed by atoms with Crippen molar-refractivity contribution in [1.29, 1.82) is 0 Å². The smallest absolute Gasteiger partial charge is 0.0481 e. The minimum Gasteiger partial charge on any atom is -0.337 e. The molecular formula is C21H21N. The van der Waals surface area contributed by atoms with Crippen LogP contribution in [0, 0.1) is 13.8 Å². The fourth-order valence-corrected chi connectivity index (χ4v) is 2.80. The molecule has 0 aliphatic heterocycles. The Morgan fingerprint density at radius 1 is 0.727 bits per heavy atom. The largest absolute Gasteiger partial charge is 0.337 e. The Balaban J connectivity index is 2.03. The van der Waals surface area contributed by atoms with Gasteiger partial charge in [0.05, 0.1) is 0 Å². The van der Waals surface area contributed by atoms with Crippen LogP contribution in [0.4, 0.5) is 11.4 Å². The van der Waals surface area contributed by atoms with E-state index in [2.05, 4.69) is 97.6 Å². The Morgan fingerprint density at radius 2 is 1.36 bits per heavy atom. The molecule has 0 atom stereocenters. The Bertz CT molecular complexity index is 732. The zero-order chi connectivity index (χ0) is 15.4. The first-order valence-corrected chi connectivity index (χ1v) is 7.68. The molecule has 0 saturated carbocycles. The number of benzene rings is 3. The quantitative estimate of drug-likeness (QED) is 0.600. The van der Waals surface area contributed by atoms with Gasteiger partial charge in [-0.1, -0.05) is 66.2 Å². The van der Waals surface area contributed by atoms with Crippen molar-refractivity contribution in [2.45, 2.75) is 20.4 Å². The van der Waals surface area contributed by atoms with Gasteiger partial charge in [-0.15, -0.1) is 0 Å². The number of nitrogens with zero attached hydrogens (tertiary/aromatic N) is 1. The third kappa shape index (κ3) is 3.20. The van der Waals surface area contributed by atoms with Crippen LogP contribution >= 0.6 is 0 Å². The monoisotopic (exact) mass is 287 g/mol. The number of para-hydroxylation sites is 1. The first-order chi connectivity index (χ1) is 10.7. The number of rotatable bonds is 4. The van der Waals surface area contributed by atoms with Gasteiger partial charge in [0.15, 0.2) is 0 Å². The van der Waals surface area contributed by atoms with Gasteiger partial charge in [-0.25, -0.2) is 0 Å². The second kappa shape index (κ2) is 6.48. The molecule has 0 spiro atoms. The molecule has 0 amide bonds. The lowest BCUT2D eigenvalue weighted by Gasteiger charge is -2.27. The second-order valence-corrected chi connectivity index (χ2v) is 5.70. The summed E-state index contributed by atoms with van der Waals surface area (Å²) in [6.07, 6.45) is 0. The molecule has 3 aromatic carbocycles. The summed E-state index contributed by atoms with van der Waals surface area (Å²) in [5.74, 6) is 0. The second-order valence-electron chi connectivity index (χ2n) is 5.70. The summed E-state index contributed by atoms with van der Waals surface area (Å²) in [7, 11) is 0. The zero-order valence-electron chi connectivity index (χ0n) is 13.2. The van der Waals surface area contributed by atoms with E-state index in [0.717, 1.165) is 6.54 Å². The normalized spacial score (nSPS) is 10.5. The summed E-state index contributed by atoms with van der Waals surface area (Å²) in [5, 5.41) is 0. The topological polar surface area (TPSA) is 3.24 Å². The lowest BCUT2D eigenvalue weighted by Crippen LogP contribution is -2.17. The Morgan fingerprint density at radius 3 is 2.00 bits per heavy atom. The molecule has 0 unspecified atom stereocenters.